The van der Waals surface area contributed by atoms with Gasteiger partial charge in [0.25, 0.3) is 0 Å². The Morgan fingerprint density at radius 3 is 2.91 bits per heavy atom. The molecule has 0 unspecified atom stereocenters. The number of carbonyl (C=O) groups excluding carboxylic acids is 1. The zero-order valence-corrected chi connectivity index (χ0v) is 13.8. The predicted octanol–water partition coefficient (Wildman–Crippen LogP) is 2.71. The number of hydrogen-bond acceptors (Lipinski definition) is 3. The van der Waals surface area contributed by atoms with Gasteiger partial charge in [0.05, 0.1) is 12.2 Å². The molecular formula is C17H25N3O2. The first-order valence-corrected chi connectivity index (χ1v) is 7.79. The lowest BCUT2D eigenvalue weighted by Gasteiger charge is -2.13. The zero-order chi connectivity index (χ0) is 16.1. The number of carbonyl (C=O) groups is 1. The van der Waals surface area contributed by atoms with Crippen molar-refractivity contribution in [2.45, 2.75) is 46.8 Å². The summed E-state index contributed by atoms with van der Waals surface area (Å²) in [6.07, 6.45) is 4.43. The smallest absolute Gasteiger partial charge is 0.249 e. The van der Waals surface area contributed by atoms with E-state index in [4.69, 9.17) is 4.74 Å². The molecule has 2 heterocycles. The van der Waals surface area contributed by atoms with Crippen LogP contribution in [0, 0.1) is 12.8 Å². The molecular weight excluding hydrogens is 278 g/mol. The summed E-state index contributed by atoms with van der Waals surface area (Å²) in [6, 6.07) is 4.05. The van der Waals surface area contributed by atoms with Crippen molar-refractivity contribution in [2.75, 3.05) is 6.61 Å². The maximum atomic E-state index is 12.0. The van der Waals surface area contributed by atoms with Gasteiger partial charge in [0.15, 0.2) is 0 Å². The molecule has 1 amide bonds. The molecule has 2 aromatic heterocycles. The Morgan fingerprint density at radius 2 is 2.18 bits per heavy atom. The first kappa shape index (κ1) is 16.5. The van der Waals surface area contributed by atoms with Gasteiger partial charge in [-0.3, -0.25) is 4.79 Å². The summed E-state index contributed by atoms with van der Waals surface area (Å²) in [5.41, 5.74) is 2.90. The van der Waals surface area contributed by atoms with Crippen LogP contribution in [0.25, 0.3) is 5.65 Å². The molecule has 0 aliphatic carbocycles. The monoisotopic (exact) mass is 303 g/mol. The molecule has 0 aromatic carbocycles. The van der Waals surface area contributed by atoms with E-state index in [9.17, 15) is 4.79 Å². The number of nitrogens with one attached hydrogen (secondary N) is 1. The number of aryl methyl sites for hydroxylation is 1. The summed E-state index contributed by atoms with van der Waals surface area (Å²) in [7, 11) is 0. The molecule has 0 saturated carbocycles. The molecule has 22 heavy (non-hydrogen) atoms. The van der Waals surface area contributed by atoms with Crippen molar-refractivity contribution in [3.05, 3.63) is 35.8 Å². The first-order valence-electron chi connectivity index (χ1n) is 7.79. The summed E-state index contributed by atoms with van der Waals surface area (Å²) < 4.78 is 7.50. The third kappa shape index (κ3) is 4.56. The number of fused-ring (bicyclic) bond motifs is 1. The molecule has 0 fully saturated rings. The third-order valence-electron chi connectivity index (χ3n) is 3.54. The SMILES string of the molecule is Cc1ccn2cc(CNC(=O)[C@@H](C)OCCC(C)C)nc2c1. The summed E-state index contributed by atoms with van der Waals surface area (Å²) in [6.45, 7) is 9.12. The highest BCUT2D eigenvalue weighted by Crippen LogP contribution is 2.08. The van der Waals surface area contributed by atoms with Gasteiger partial charge >= 0.3 is 0 Å². The number of ether oxygens (including phenoxy) is 1. The van der Waals surface area contributed by atoms with Crippen molar-refractivity contribution in [1.82, 2.24) is 14.7 Å². The average molecular weight is 303 g/mol. The molecule has 1 atom stereocenters. The molecule has 0 spiro atoms. The van der Waals surface area contributed by atoms with Crippen molar-refractivity contribution in [1.29, 1.82) is 0 Å². The van der Waals surface area contributed by atoms with Crippen LogP contribution >= 0.6 is 0 Å². The quantitative estimate of drug-likeness (QED) is 0.855. The number of hydrogen-bond donors (Lipinski definition) is 1. The molecule has 120 valence electrons. The van der Waals surface area contributed by atoms with Gasteiger partial charge in [0, 0.05) is 19.0 Å². The average Bonchev–Trinajstić information content (AvgIpc) is 2.86. The Kier molecular flexibility index (Phi) is 5.55. The zero-order valence-electron chi connectivity index (χ0n) is 13.8. The number of aromatic nitrogens is 2. The third-order valence-corrected chi connectivity index (χ3v) is 3.54. The van der Waals surface area contributed by atoms with E-state index in [0.717, 1.165) is 17.8 Å². The fourth-order valence-electron chi connectivity index (χ4n) is 2.10. The van der Waals surface area contributed by atoms with E-state index in [1.165, 1.54) is 5.56 Å². The van der Waals surface area contributed by atoms with Crippen molar-refractivity contribution in [3.8, 4) is 0 Å². The van der Waals surface area contributed by atoms with Crippen LogP contribution in [0.3, 0.4) is 0 Å². The van der Waals surface area contributed by atoms with Crippen molar-refractivity contribution >= 4 is 11.6 Å². The Labute approximate surface area is 131 Å². The van der Waals surface area contributed by atoms with Gasteiger partial charge in [-0.1, -0.05) is 13.8 Å². The highest BCUT2D eigenvalue weighted by Gasteiger charge is 2.13. The molecule has 0 saturated heterocycles. The van der Waals surface area contributed by atoms with Gasteiger partial charge in [0.1, 0.15) is 11.8 Å². The fourth-order valence-corrected chi connectivity index (χ4v) is 2.10. The lowest BCUT2D eigenvalue weighted by molar-refractivity contribution is -0.132. The Bertz CT molecular complexity index is 634. The van der Waals surface area contributed by atoms with E-state index in [1.807, 2.05) is 35.9 Å². The summed E-state index contributed by atoms with van der Waals surface area (Å²) >= 11 is 0. The van der Waals surface area contributed by atoms with Crippen molar-refractivity contribution in [2.24, 2.45) is 5.92 Å². The van der Waals surface area contributed by atoms with E-state index < -0.39 is 6.10 Å². The fraction of sp³-hybridized carbons (Fsp3) is 0.529. The molecule has 0 aliphatic rings. The largest absolute Gasteiger partial charge is 0.369 e. The minimum absolute atomic E-state index is 0.100. The molecule has 5 heteroatoms. The number of rotatable bonds is 7. The van der Waals surface area contributed by atoms with Crippen LogP contribution in [0.4, 0.5) is 0 Å². The van der Waals surface area contributed by atoms with Crippen LogP contribution < -0.4 is 5.32 Å². The summed E-state index contributed by atoms with van der Waals surface area (Å²) in [5.74, 6) is 0.480. The second-order valence-electron chi connectivity index (χ2n) is 6.12. The Morgan fingerprint density at radius 1 is 1.41 bits per heavy atom. The molecule has 0 radical (unpaired) electrons. The molecule has 5 nitrogen and oxygen atoms in total. The number of pyridine rings is 1. The van der Waals surface area contributed by atoms with Crippen LogP contribution in [0.15, 0.2) is 24.5 Å². The standard InChI is InChI=1S/C17H25N3O2/c1-12(2)6-8-22-14(4)17(21)18-10-15-11-20-7-5-13(3)9-16(20)19-15/h5,7,9,11-12,14H,6,8,10H2,1-4H3,(H,18,21)/t14-/m1/s1. The van der Waals surface area contributed by atoms with Crippen LogP contribution in [0.2, 0.25) is 0 Å². The molecule has 2 aromatic rings. The van der Waals surface area contributed by atoms with Gasteiger partial charge in [-0.2, -0.15) is 0 Å². The van der Waals surface area contributed by atoms with E-state index in [2.05, 4.69) is 24.1 Å². The highest BCUT2D eigenvalue weighted by atomic mass is 16.5. The summed E-state index contributed by atoms with van der Waals surface area (Å²) in [5, 5.41) is 2.87. The lowest BCUT2D eigenvalue weighted by atomic mass is 10.1. The lowest BCUT2D eigenvalue weighted by Crippen LogP contribution is -2.34. The van der Waals surface area contributed by atoms with Gasteiger partial charge in [-0.05, 0) is 43.9 Å². The van der Waals surface area contributed by atoms with E-state index in [-0.39, 0.29) is 5.91 Å². The normalized spacial score (nSPS) is 12.8. The van der Waals surface area contributed by atoms with Gasteiger partial charge in [-0.15, -0.1) is 0 Å². The predicted molar refractivity (Wildman–Crippen MR) is 86.6 cm³/mol. The van der Waals surface area contributed by atoms with E-state index in [0.29, 0.717) is 19.1 Å². The van der Waals surface area contributed by atoms with Crippen LogP contribution in [0.5, 0.6) is 0 Å². The van der Waals surface area contributed by atoms with Gasteiger partial charge in [-0.25, -0.2) is 4.98 Å². The van der Waals surface area contributed by atoms with Crippen LogP contribution in [-0.2, 0) is 16.1 Å². The van der Waals surface area contributed by atoms with Gasteiger partial charge in [0.2, 0.25) is 5.91 Å². The second-order valence-corrected chi connectivity index (χ2v) is 6.12. The Balaban J connectivity index is 1.84. The van der Waals surface area contributed by atoms with E-state index >= 15 is 0 Å². The minimum atomic E-state index is -0.432. The van der Waals surface area contributed by atoms with Crippen LogP contribution in [0.1, 0.15) is 38.4 Å². The maximum absolute atomic E-state index is 12.0. The molecule has 0 aliphatic heterocycles. The summed E-state index contributed by atoms with van der Waals surface area (Å²) in [4.78, 5) is 16.5. The topological polar surface area (TPSA) is 55.6 Å². The Hall–Kier alpha value is -1.88. The molecule has 2 rings (SSSR count). The van der Waals surface area contributed by atoms with Crippen molar-refractivity contribution in [3.63, 3.8) is 0 Å². The van der Waals surface area contributed by atoms with Crippen LogP contribution in [-0.4, -0.2) is 28.0 Å². The highest BCUT2D eigenvalue weighted by molar-refractivity contribution is 5.80. The van der Waals surface area contributed by atoms with Gasteiger partial charge < -0.3 is 14.5 Å². The first-order chi connectivity index (χ1) is 10.5. The van der Waals surface area contributed by atoms with E-state index in [1.54, 1.807) is 6.92 Å². The molecule has 0 bridgehead atoms. The number of nitrogens with zero attached hydrogens (tertiary/aromatic N) is 2. The molecule has 1 N–H and O–H groups in total. The second kappa shape index (κ2) is 7.40. The van der Waals surface area contributed by atoms with Crippen molar-refractivity contribution < 1.29 is 9.53 Å². The number of amides is 1. The number of imidazole rings is 1. The minimum Gasteiger partial charge on any atom is -0.369 e. The maximum Gasteiger partial charge on any atom is 0.249 e.